The minimum atomic E-state index is -0.0226. The van der Waals surface area contributed by atoms with Crippen molar-refractivity contribution < 1.29 is 15.0 Å². The van der Waals surface area contributed by atoms with E-state index in [1.807, 2.05) is 6.92 Å². The molecular weight excluding hydrogens is 264 g/mol. The fourth-order valence-electron chi connectivity index (χ4n) is 2.41. The largest absolute Gasteiger partial charge is 0.508 e. The van der Waals surface area contributed by atoms with Crippen LogP contribution in [0.3, 0.4) is 0 Å². The topological polar surface area (TPSA) is 57.5 Å². The number of carbonyl (C=O) groups is 1. The molecule has 2 N–H and O–H groups in total. The second-order valence-corrected chi connectivity index (χ2v) is 4.86. The summed E-state index contributed by atoms with van der Waals surface area (Å²) >= 11 is 0. The average molecular weight is 282 g/mol. The lowest BCUT2D eigenvalue weighted by Gasteiger charge is -2.13. The summed E-state index contributed by atoms with van der Waals surface area (Å²) in [6, 6.07) is 13.4. The summed E-state index contributed by atoms with van der Waals surface area (Å²) in [4.78, 5) is 12.1. The van der Waals surface area contributed by atoms with Crippen molar-refractivity contribution in [3.63, 3.8) is 0 Å². The molecule has 0 aliphatic carbocycles. The van der Waals surface area contributed by atoms with Crippen molar-refractivity contribution in [2.24, 2.45) is 0 Å². The standard InChI is InChI=1S/C18H18O3/c1-3-17(13-4-8-15(20)9-5-13)18(12(2)19)14-6-10-16(21)11-7-14/h4-11,20-21H,3H2,1-2H3. The molecule has 0 atom stereocenters. The van der Waals surface area contributed by atoms with Gasteiger partial charge in [0.2, 0.25) is 0 Å². The van der Waals surface area contributed by atoms with Gasteiger partial charge in [0.1, 0.15) is 11.5 Å². The highest BCUT2D eigenvalue weighted by Gasteiger charge is 2.14. The van der Waals surface area contributed by atoms with Gasteiger partial charge in [-0.2, -0.15) is 0 Å². The number of allylic oxidation sites excluding steroid dienone is 2. The highest BCUT2D eigenvalue weighted by molar-refractivity contribution is 6.27. The molecule has 2 rings (SSSR count). The first-order valence-corrected chi connectivity index (χ1v) is 6.85. The molecule has 0 unspecified atom stereocenters. The smallest absolute Gasteiger partial charge is 0.160 e. The van der Waals surface area contributed by atoms with Crippen molar-refractivity contribution in [1.82, 2.24) is 0 Å². The molecule has 21 heavy (non-hydrogen) atoms. The zero-order chi connectivity index (χ0) is 15.4. The third kappa shape index (κ3) is 3.31. The number of benzene rings is 2. The molecular formula is C18H18O3. The van der Waals surface area contributed by atoms with Crippen molar-refractivity contribution >= 4 is 16.9 Å². The van der Waals surface area contributed by atoms with Gasteiger partial charge in [0.25, 0.3) is 0 Å². The summed E-state index contributed by atoms with van der Waals surface area (Å²) in [6.07, 6.45) is 0.695. The van der Waals surface area contributed by atoms with Gasteiger partial charge in [0, 0.05) is 5.57 Å². The molecule has 0 saturated carbocycles. The Hall–Kier alpha value is -2.55. The van der Waals surface area contributed by atoms with Crippen LogP contribution < -0.4 is 0 Å². The number of aromatic hydroxyl groups is 2. The molecule has 0 aromatic heterocycles. The molecule has 108 valence electrons. The van der Waals surface area contributed by atoms with Crippen LogP contribution in [0.1, 0.15) is 31.4 Å². The van der Waals surface area contributed by atoms with E-state index in [0.717, 1.165) is 16.7 Å². The zero-order valence-corrected chi connectivity index (χ0v) is 12.1. The Bertz CT molecular complexity index is 665. The van der Waals surface area contributed by atoms with E-state index >= 15 is 0 Å². The monoisotopic (exact) mass is 282 g/mol. The van der Waals surface area contributed by atoms with Crippen LogP contribution in [0.15, 0.2) is 48.5 Å². The number of phenolic OH excluding ortho intramolecular Hbond substituents is 2. The van der Waals surface area contributed by atoms with Crippen LogP contribution in [0, 0.1) is 0 Å². The second kappa shape index (κ2) is 6.27. The lowest BCUT2D eigenvalue weighted by Crippen LogP contribution is -2.00. The first-order chi connectivity index (χ1) is 10.0. The fraction of sp³-hybridized carbons (Fsp3) is 0.167. The number of carbonyl (C=O) groups excluding carboxylic acids is 1. The molecule has 0 bridgehead atoms. The number of Topliss-reactive ketones (excluding diaryl/α,β-unsaturated/α-hetero) is 1. The van der Waals surface area contributed by atoms with E-state index in [-0.39, 0.29) is 17.3 Å². The van der Waals surface area contributed by atoms with Crippen LogP contribution in [0.25, 0.3) is 11.1 Å². The average Bonchev–Trinajstić information content (AvgIpc) is 2.47. The van der Waals surface area contributed by atoms with Crippen LogP contribution >= 0.6 is 0 Å². The van der Waals surface area contributed by atoms with Gasteiger partial charge in [0.05, 0.1) is 0 Å². The van der Waals surface area contributed by atoms with E-state index in [9.17, 15) is 15.0 Å². The minimum Gasteiger partial charge on any atom is -0.508 e. The summed E-state index contributed by atoms with van der Waals surface area (Å²) in [5.74, 6) is 0.346. The van der Waals surface area contributed by atoms with E-state index < -0.39 is 0 Å². The molecule has 3 heteroatoms. The summed E-state index contributed by atoms with van der Waals surface area (Å²) in [6.45, 7) is 3.53. The second-order valence-electron chi connectivity index (χ2n) is 4.86. The Morgan fingerprint density at radius 1 is 0.857 bits per heavy atom. The van der Waals surface area contributed by atoms with Gasteiger partial charge in [-0.3, -0.25) is 4.79 Å². The van der Waals surface area contributed by atoms with E-state index in [4.69, 9.17) is 0 Å². The van der Waals surface area contributed by atoms with E-state index in [1.165, 1.54) is 6.92 Å². The van der Waals surface area contributed by atoms with Crippen molar-refractivity contribution in [2.45, 2.75) is 20.3 Å². The molecule has 0 saturated heterocycles. The van der Waals surface area contributed by atoms with Crippen LogP contribution in [-0.2, 0) is 4.79 Å². The van der Waals surface area contributed by atoms with Gasteiger partial charge in [-0.15, -0.1) is 0 Å². The van der Waals surface area contributed by atoms with Crippen LogP contribution in [0.5, 0.6) is 11.5 Å². The molecule has 3 nitrogen and oxygen atoms in total. The van der Waals surface area contributed by atoms with Gasteiger partial charge in [-0.05, 0) is 54.3 Å². The van der Waals surface area contributed by atoms with Gasteiger partial charge in [-0.1, -0.05) is 31.2 Å². The lowest BCUT2D eigenvalue weighted by atomic mass is 9.90. The highest BCUT2D eigenvalue weighted by Crippen LogP contribution is 2.31. The van der Waals surface area contributed by atoms with E-state index in [1.54, 1.807) is 48.5 Å². The Balaban J connectivity index is 2.62. The maximum Gasteiger partial charge on any atom is 0.160 e. The number of hydrogen-bond donors (Lipinski definition) is 2. The lowest BCUT2D eigenvalue weighted by molar-refractivity contribution is -0.111. The highest BCUT2D eigenvalue weighted by atomic mass is 16.3. The number of phenols is 2. The van der Waals surface area contributed by atoms with Crippen LogP contribution in [0.4, 0.5) is 0 Å². The Labute approximate surface area is 124 Å². The fourth-order valence-corrected chi connectivity index (χ4v) is 2.41. The molecule has 2 aromatic carbocycles. The van der Waals surface area contributed by atoms with Gasteiger partial charge in [0.15, 0.2) is 5.78 Å². The molecule has 0 amide bonds. The maximum atomic E-state index is 12.1. The SMILES string of the molecule is CCC(=C(C(C)=O)c1ccc(O)cc1)c1ccc(O)cc1. The quantitative estimate of drug-likeness (QED) is 0.658. The predicted octanol–water partition coefficient (Wildman–Crippen LogP) is 4.01. The normalized spacial score (nSPS) is 11.9. The van der Waals surface area contributed by atoms with Crippen LogP contribution in [-0.4, -0.2) is 16.0 Å². The summed E-state index contributed by atoms with van der Waals surface area (Å²) in [7, 11) is 0. The molecule has 0 aliphatic rings. The maximum absolute atomic E-state index is 12.1. The minimum absolute atomic E-state index is 0.0226. The van der Waals surface area contributed by atoms with Gasteiger partial charge in [-0.25, -0.2) is 0 Å². The number of ketones is 1. The molecule has 0 aliphatic heterocycles. The molecule has 0 fully saturated rings. The van der Waals surface area contributed by atoms with Crippen molar-refractivity contribution in [1.29, 1.82) is 0 Å². The molecule has 0 spiro atoms. The third-order valence-corrected chi connectivity index (χ3v) is 3.38. The zero-order valence-electron chi connectivity index (χ0n) is 12.1. The third-order valence-electron chi connectivity index (χ3n) is 3.38. The number of rotatable bonds is 4. The number of hydrogen-bond acceptors (Lipinski definition) is 3. The van der Waals surface area contributed by atoms with Crippen LogP contribution in [0.2, 0.25) is 0 Å². The van der Waals surface area contributed by atoms with Gasteiger partial charge < -0.3 is 10.2 Å². The molecule has 2 aromatic rings. The summed E-state index contributed by atoms with van der Waals surface area (Å²) in [5, 5.41) is 18.8. The van der Waals surface area contributed by atoms with E-state index in [0.29, 0.717) is 12.0 Å². The van der Waals surface area contributed by atoms with Crippen molar-refractivity contribution in [2.75, 3.05) is 0 Å². The Morgan fingerprint density at radius 2 is 1.29 bits per heavy atom. The van der Waals surface area contributed by atoms with Crippen molar-refractivity contribution in [3.8, 4) is 11.5 Å². The Kier molecular flexibility index (Phi) is 4.43. The molecule has 0 radical (unpaired) electrons. The summed E-state index contributed by atoms with van der Waals surface area (Å²) in [5.41, 5.74) is 3.26. The first-order valence-electron chi connectivity index (χ1n) is 6.85. The first kappa shape index (κ1) is 14.9. The molecule has 0 heterocycles. The predicted molar refractivity (Wildman–Crippen MR) is 84.0 cm³/mol. The summed E-state index contributed by atoms with van der Waals surface area (Å²) < 4.78 is 0. The Morgan fingerprint density at radius 3 is 1.67 bits per heavy atom. The van der Waals surface area contributed by atoms with Gasteiger partial charge >= 0.3 is 0 Å². The van der Waals surface area contributed by atoms with Crippen molar-refractivity contribution in [3.05, 3.63) is 59.7 Å². The van der Waals surface area contributed by atoms with E-state index in [2.05, 4.69) is 0 Å².